The number of hydrogen-bond acceptors (Lipinski definition) is 5. The summed E-state index contributed by atoms with van der Waals surface area (Å²) in [6.07, 6.45) is 0. The van der Waals surface area contributed by atoms with Crippen LogP contribution in [0.4, 0.5) is 0 Å². The second-order valence-corrected chi connectivity index (χ2v) is 13.6. The summed E-state index contributed by atoms with van der Waals surface area (Å²) in [6, 6.07) is 0. The minimum atomic E-state index is -2.91. The zero-order chi connectivity index (χ0) is 19.7. The van der Waals surface area contributed by atoms with Crippen molar-refractivity contribution in [1.82, 2.24) is 9.34 Å². The van der Waals surface area contributed by atoms with Gasteiger partial charge in [0.15, 0.2) is 0 Å². The van der Waals surface area contributed by atoms with Crippen LogP contribution in [0.2, 0.25) is 0 Å². The van der Waals surface area contributed by atoms with Gasteiger partial charge in [-0.2, -0.15) is 0 Å². The molecule has 5 nitrogen and oxygen atoms in total. The van der Waals surface area contributed by atoms with Gasteiger partial charge < -0.3 is 9.05 Å². The molecule has 0 aliphatic carbocycles. The van der Waals surface area contributed by atoms with E-state index in [1.165, 1.54) is 0 Å². The molecule has 0 unspecified atom stereocenters. The SMILES string of the molecule is CCN(CC)P(=S)(OP(=S)(OCC(C)C)OCC(C)C)N(CC)CC. The third-order valence-corrected chi connectivity index (χ3v) is 11.9. The lowest BCUT2D eigenvalue weighted by Gasteiger charge is -2.42. The summed E-state index contributed by atoms with van der Waals surface area (Å²) in [6.45, 7) is 15.7. The first-order chi connectivity index (χ1) is 11.6. The average Bonchev–Trinajstić information content (AvgIpc) is 2.53. The molecule has 0 N–H and O–H groups in total. The van der Waals surface area contributed by atoms with Gasteiger partial charge in [0.2, 0.25) is 6.57 Å². The van der Waals surface area contributed by atoms with E-state index >= 15 is 0 Å². The van der Waals surface area contributed by atoms with E-state index in [2.05, 4.69) is 64.7 Å². The highest BCUT2D eigenvalue weighted by Crippen LogP contribution is 2.68. The molecule has 0 fully saturated rings. The molecular formula is C16H38N2O3P2S2. The second kappa shape index (κ2) is 12.5. The highest BCUT2D eigenvalue weighted by molar-refractivity contribution is 8.16. The molecular weight excluding hydrogens is 394 g/mol. The van der Waals surface area contributed by atoms with Crippen LogP contribution in [0.25, 0.3) is 0 Å². The first kappa shape index (κ1) is 26.1. The van der Waals surface area contributed by atoms with Crippen molar-refractivity contribution in [1.29, 1.82) is 0 Å². The molecule has 0 saturated carbocycles. The fraction of sp³-hybridized carbons (Fsp3) is 1.00. The maximum absolute atomic E-state index is 6.47. The molecule has 0 saturated heterocycles. The maximum atomic E-state index is 6.47. The van der Waals surface area contributed by atoms with Crippen LogP contribution in [0, 0.1) is 11.8 Å². The Morgan fingerprint density at radius 3 is 1.28 bits per heavy atom. The molecule has 25 heavy (non-hydrogen) atoms. The van der Waals surface area contributed by atoms with E-state index in [9.17, 15) is 0 Å². The average molecular weight is 433 g/mol. The summed E-state index contributed by atoms with van der Waals surface area (Å²) < 4.78 is 22.9. The maximum Gasteiger partial charge on any atom is 0.333 e. The molecule has 0 aromatic rings. The number of nitrogens with zero attached hydrogens (tertiary/aromatic N) is 2. The fourth-order valence-corrected chi connectivity index (χ4v) is 11.0. The quantitative estimate of drug-likeness (QED) is 0.336. The van der Waals surface area contributed by atoms with E-state index in [1.54, 1.807) is 0 Å². The molecule has 0 aliphatic rings. The lowest BCUT2D eigenvalue weighted by Crippen LogP contribution is -2.32. The Bertz CT molecular complexity index is 425. The zero-order valence-electron chi connectivity index (χ0n) is 17.2. The van der Waals surface area contributed by atoms with Crippen LogP contribution >= 0.6 is 13.3 Å². The highest BCUT2D eigenvalue weighted by atomic mass is 32.5. The van der Waals surface area contributed by atoms with Gasteiger partial charge in [0.1, 0.15) is 0 Å². The molecule has 0 rings (SSSR count). The van der Waals surface area contributed by atoms with E-state index in [4.69, 9.17) is 37.0 Å². The topological polar surface area (TPSA) is 34.2 Å². The van der Waals surface area contributed by atoms with Crippen LogP contribution in [-0.4, -0.2) is 48.7 Å². The van der Waals surface area contributed by atoms with E-state index in [1.807, 2.05) is 0 Å². The zero-order valence-corrected chi connectivity index (χ0v) is 20.6. The van der Waals surface area contributed by atoms with Crippen molar-refractivity contribution >= 4 is 36.9 Å². The van der Waals surface area contributed by atoms with Gasteiger partial charge in [-0.25, -0.2) is 13.7 Å². The van der Waals surface area contributed by atoms with Gasteiger partial charge in [0, 0.05) is 26.2 Å². The molecule has 9 heteroatoms. The van der Waals surface area contributed by atoms with E-state index in [0.717, 1.165) is 26.2 Å². The summed E-state index contributed by atoms with van der Waals surface area (Å²) in [5.74, 6) is 0.710. The summed E-state index contributed by atoms with van der Waals surface area (Å²) >= 11 is 11.9. The summed E-state index contributed by atoms with van der Waals surface area (Å²) in [4.78, 5) is 0. The van der Waals surface area contributed by atoms with Gasteiger partial charge in [-0.1, -0.05) is 55.4 Å². The van der Waals surface area contributed by atoms with Crippen molar-refractivity contribution in [3.8, 4) is 0 Å². The third-order valence-electron chi connectivity index (χ3n) is 3.51. The molecule has 0 amide bonds. The van der Waals surface area contributed by atoms with E-state index in [0.29, 0.717) is 25.0 Å². The van der Waals surface area contributed by atoms with E-state index in [-0.39, 0.29) is 0 Å². The normalized spacial score (nSPS) is 13.6. The van der Waals surface area contributed by atoms with Gasteiger partial charge in [-0.3, -0.25) is 0 Å². The largest absolute Gasteiger partial charge is 0.333 e. The van der Waals surface area contributed by atoms with E-state index < -0.39 is 13.3 Å². The number of rotatable bonds is 14. The summed E-state index contributed by atoms with van der Waals surface area (Å²) in [5, 5.41) is 0. The Balaban J connectivity index is 5.70. The van der Waals surface area contributed by atoms with Crippen LogP contribution in [-0.2, 0) is 37.0 Å². The number of hydrogen-bond donors (Lipinski definition) is 0. The van der Waals surface area contributed by atoms with Crippen molar-refractivity contribution in [3.05, 3.63) is 0 Å². The summed E-state index contributed by atoms with van der Waals surface area (Å²) in [5.41, 5.74) is 0. The highest BCUT2D eigenvalue weighted by Gasteiger charge is 2.38. The predicted molar refractivity (Wildman–Crippen MR) is 117 cm³/mol. The molecule has 0 spiro atoms. The van der Waals surface area contributed by atoms with Gasteiger partial charge in [0.25, 0.3) is 0 Å². The minimum absolute atomic E-state index is 0.355. The Labute approximate surface area is 166 Å². The Morgan fingerprint density at radius 2 is 1.04 bits per heavy atom. The van der Waals surface area contributed by atoms with Crippen molar-refractivity contribution < 1.29 is 13.4 Å². The van der Waals surface area contributed by atoms with Crippen LogP contribution < -0.4 is 0 Å². The van der Waals surface area contributed by atoms with Gasteiger partial charge in [-0.05, 0) is 35.4 Å². The van der Waals surface area contributed by atoms with Gasteiger partial charge in [0.05, 0.1) is 13.2 Å². The van der Waals surface area contributed by atoms with Crippen molar-refractivity contribution in [2.45, 2.75) is 55.4 Å². The molecule has 0 aliphatic heterocycles. The molecule has 0 aromatic carbocycles. The predicted octanol–water partition coefficient (Wildman–Crippen LogP) is 5.48. The standard InChI is InChI=1S/C16H38N2O3P2S2/c1-9-17(10-2)22(24,18(11-3)12-4)21-23(25,19-13-15(5)6)20-14-16(7)8/h15-16H,9-14H2,1-8H3. The van der Waals surface area contributed by atoms with Crippen LogP contribution in [0.5, 0.6) is 0 Å². The first-order valence-electron chi connectivity index (χ1n) is 9.29. The molecule has 0 radical (unpaired) electrons. The lowest BCUT2D eigenvalue weighted by atomic mass is 10.2. The van der Waals surface area contributed by atoms with Crippen molar-refractivity contribution in [2.75, 3.05) is 39.4 Å². The van der Waals surface area contributed by atoms with Crippen LogP contribution in [0.1, 0.15) is 55.4 Å². The van der Waals surface area contributed by atoms with Crippen LogP contribution in [0.15, 0.2) is 0 Å². The third kappa shape index (κ3) is 8.76. The fourth-order valence-electron chi connectivity index (χ4n) is 2.14. The monoisotopic (exact) mass is 432 g/mol. The molecule has 0 heterocycles. The van der Waals surface area contributed by atoms with Crippen LogP contribution in [0.3, 0.4) is 0 Å². The first-order valence-corrected chi connectivity index (χ1v) is 14.5. The Kier molecular flexibility index (Phi) is 13.1. The second-order valence-electron chi connectivity index (χ2n) is 6.68. The Hall–Kier alpha value is 1.10. The molecule has 0 atom stereocenters. The Morgan fingerprint density at radius 1 is 0.720 bits per heavy atom. The molecule has 0 bridgehead atoms. The van der Waals surface area contributed by atoms with Crippen molar-refractivity contribution in [2.24, 2.45) is 11.8 Å². The van der Waals surface area contributed by atoms with Crippen molar-refractivity contribution in [3.63, 3.8) is 0 Å². The lowest BCUT2D eigenvalue weighted by molar-refractivity contribution is 0.168. The summed E-state index contributed by atoms with van der Waals surface area (Å²) in [7, 11) is 0. The smallest absolute Gasteiger partial charge is 0.308 e. The minimum Gasteiger partial charge on any atom is -0.308 e. The molecule has 0 aromatic heterocycles. The molecule has 152 valence electrons. The van der Waals surface area contributed by atoms with Gasteiger partial charge in [-0.15, -0.1) is 0 Å². The van der Waals surface area contributed by atoms with Gasteiger partial charge >= 0.3 is 6.72 Å².